The van der Waals surface area contributed by atoms with Gasteiger partial charge in [0, 0.05) is 13.2 Å². The number of aryl methyl sites for hydroxylation is 1. The Kier molecular flexibility index (Phi) is 7.11. The second-order valence-corrected chi connectivity index (χ2v) is 5.40. The van der Waals surface area contributed by atoms with E-state index in [9.17, 15) is 14.3 Å². The number of rotatable bonds is 7. The summed E-state index contributed by atoms with van der Waals surface area (Å²) in [6.07, 6.45) is -0.795. The Morgan fingerprint density at radius 2 is 2.10 bits per heavy atom. The minimum Gasteiger partial charge on any atom is -0.389 e. The highest BCUT2D eigenvalue weighted by molar-refractivity contribution is 5.89. The van der Waals surface area contributed by atoms with Gasteiger partial charge in [-0.05, 0) is 30.5 Å². The molecule has 0 bridgehead atoms. The summed E-state index contributed by atoms with van der Waals surface area (Å²) in [7, 11) is 0. The summed E-state index contributed by atoms with van der Waals surface area (Å²) in [5.41, 5.74) is 0.951. The van der Waals surface area contributed by atoms with E-state index in [0.717, 1.165) is 5.56 Å². The fourth-order valence-corrected chi connectivity index (χ4v) is 1.61. The van der Waals surface area contributed by atoms with Crippen molar-refractivity contribution in [3.05, 3.63) is 29.6 Å². The lowest BCUT2D eigenvalue weighted by molar-refractivity contribution is 0.0274. The molecule has 21 heavy (non-hydrogen) atoms. The first kappa shape index (κ1) is 17.4. The highest BCUT2D eigenvalue weighted by Gasteiger charge is 2.10. The molecule has 0 aliphatic heterocycles. The van der Waals surface area contributed by atoms with Crippen molar-refractivity contribution < 1.29 is 19.0 Å². The maximum Gasteiger partial charge on any atom is 0.319 e. The number of anilines is 1. The maximum absolute atomic E-state index is 13.5. The monoisotopic (exact) mass is 298 g/mol. The molecule has 0 aliphatic rings. The fraction of sp³-hybridized carbons (Fsp3) is 0.533. The van der Waals surface area contributed by atoms with Gasteiger partial charge in [0.25, 0.3) is 0 Å². The van der Waals surface area contributed by atoms with Gasteiger partial charge in [0.05, 0.1) is 18.4 Å². The zero-order valence-electron chi connectivity index (χ0n) is 12.6. The summed E-state index contributed by atoms with van der Waals surface area (Å²) in [4.78, 5) is 11.6. The molecule has 1 aromatic rings. The molecule has 0 radical (unpaired) electrons. The lowest BCUT2D eigenvalue weighted by atomic mass is 10.2. The van der Waals surface area contributed by atoms with Crippen LogP contribution in [0.3, 0.4) is 0 Å². The summed E-state index contributed by atoms with van der Waals surface area (Å²) in [6, 6.07) is 3.88. The molecule has 0 fully saturated rings. The predicted molar refractivity (Wildman–Crippen MR) is 79.8 cm³/mol. The van der Waals surface area contributed by atoms with Crippen LogP contribution >= 0.6 is 0 Å². The molecule has 0 saturated heterocycles. The summed E-state index contributed by atoms with van der Waals surface area (Å²) >= 11 is 0. The van der Waals surface area contributed by atoms with E-state index in [1.165, 1.54) is 12.1 Å². The molecule has 5 nitrogen and oxygen atoms in total. The standard InChI is InChI=1S/C15H23FN2O3/c1-10(2)8-21-9-12(19)7-17-15(20)18-14-6-11(3)4-5-13(14)16/h4-6,10,12,19H,7-9H2,1-3H3,(H2,17,18,20). The summed E-state index contributed by atoms with van der Waals surface area (Å²) in [6.45, 7) is 6.56. The van der Waals surface area contributed by atoms with E-state index in [1.807, 2.05) is 13.8 Å². The molecule has 2 amide bonds. The summed E-state index contributed by atoms with van der Waals surface area (Å²) in [5, 5.41) is 14.5. The molecular weight excluding hydrogens is 275 g/mol. The van der Waals surface area contributed by atoms with Gasteiger partial charge < -0.3 is 20.5 Å². The number of ether oxygens (including phenoxy) is 1. The van der Waals surface area contributed by atoms with Crippen LogP contribution in [0.5, 0.6) is 0 Å². The number of aliphatic hydroxyl groups is 1. The van der Waals surface area contributed by atoms with E-state index in [1.54, 1.807) is 13.0 Å². The van der Waals surface area contributed by atoms with Crippen molar-refractivity contribution in [1.29, 1.82) is 0 Å². The molecule has 1 rings (SSSR count). The minimum absolute atomic E-state index is 0.0391. The smallest absolute Gasteiger partial charge is 0.319 e. The van der Waals surface area contributed by atoms with E-state index >= 15 is 0 Å². The first-order chi connectivity index (χ1) is 9.88. The van der Waals surface area contributed by atoms with Crippen LogP contribution in [0.4, 0.5) is 14.9 Å². The molecule has 0 aliphatic carbocycles. The normalized spacial score (nSPS) is 12.3. The van der Waals surface area contributed by atoms with Gasteiger partial charge in [-0.3, -0.25) is 0 Å². The third-order valence-electron chi connectivity index (χ3n) is 2.63. The third kappa shape index (κ3) is 7.06. The molecule has 3 N–H and O–H groups in total. The van der Waals surface area contributed by atoms with Crippen LogP contribution in [-0.2, 0) is 4.74 Å². The van der Waals surface area contributed by atoms with Gasteiger partial charge in [0.1, 0.15) is 5.82 Å². The van der Waals surface area contributed by atoms with Crippen LogP contribution in [0.1, 0.15) is 19.4 Å². The molecule has 0 heterocycles. The first-order valence-corrected chi connectivity index (χ1v) is 6.95. The number of carbonyl (C=O) groups is 1. The van der Waals surface area contributed by atoms with Crippen LogP contribution < -0.4 is 10.6 Å². The SMILES string of the molecule is Cc1ccc(F)c(NC(=O)NCC(O)COCC(C)C)c1. The van der Waals surface area contributed by atoms with Crippen LogP contribution in [0.25, 0.3) is 0 Å². The predicted octanol–water partition coefficient (Wildman–Crippen LogP) is 2.29. The Morgan fingerprint density at radius 1 is 1.38 bits per heavy atom. The average Bonchev–Trinajstić information content (AvgIpc) is 2.40. The molecule has 1 aromatic carbocycles. The van der Waals surface area contributed by atoms with Crippen molar-refractivity contribution in [1.82, 2.24) is 5.32 Å². The van der Waals surface area contributed by atoms with E-state index in [2.05, 4.69) is 10.6 Å². The molecule has 0 aromatic heterocycles. The lowest BCUT2D eigenvalue weighted by Crippen LogP contribution is -2.37. The van der Waals surface area contributed by atoms with Gasteiger partial charge in [0.2, 0.25) is 0 Å². The van der Waals surface area contributed by atoms with Crippen molar-refractivity contribution >= 4 is 11.7 Å². The topological polar surface area (TPSA) is 70.6 Å². The van der Waals surface area contributed by atoms with Gasteiger partial charge in [0.15, 0.2) is 0 Å². The molecule has 0 spiro atoms. The number of carbonyl (C=O) groups excluding carboxylic acids is 1. The van der Waals surface area contributed by atoms with Crippen LogP contribution in [0, 0.1) is 18.7 Å². The second-order valence-electron chi connectivity index (χ2n) is 5.40. The highest BCUT2D eigenvalue weighted by atomic mass is 19.1. The van der Waals surface area contributed by atoms with E-state index in [4.69, 9.17) is 4.74 Å². The Balaban J connectivity index is 2.32. The summed E-state index contributed by atoms with van der Waals surface area (Å²) in [5.74, 6) is -0.116. The van der Waals surface area contributed by atoms with Crippen molar-refractivity contribution in [3.8, 4) is 0 Å². The van der Waals surface area contributed by atoms with E-state index in [-0.39, 0.29) is 18.8 Å². The number of aliphatic hydroxyl groups excluding tert-OH is 1. The third-order valence-corrected chi connectivity index (χ3v) is 2.63. The maximum atomic E-state index is 13.5. The van der Waals surface area contributed by atoms with Gasteiger partial charge in [-0.15, -0.1) is 0 Å². The van der Waals surface area contributed by atoms with Crippen molar-refractivity contribution in [2.45, 2.75) is 26.9 Å². The number of urea groups is 1. The minimum atomic E-state index is -0.795. The zero-order chi connectivity index (χ0) is 15.8. The Morgan fingerprint density at radius 3 is 2.76 bits per heavy atom. The van der Waals surface area contributed by atoms with Crippen LogP contribution in [0.2, 0.25) is 0 Å². The average molecular weight is 298 g/mol. The van der Waals surface area contributed by atoms with Gasteiger partial charge in [-0.1, -0.05) is 19.9 Å². The van der Waals surface area contributed by atoms with Crippen molar-refractivity contribution in [2.24, 2.45) is 5.92 Å². The van der Waals surface area contributed by atoms with Crippen LogP contribution in [0.15, 0.2) is 18.2 Å². The second kappa shape index (κ2) is 8.59. The number of nitrogens with one attached hydrogen (secondary N) is 2. The molecule has 0 saturated carbocycles. The van der Waals surface area contributed by atoms with E-state index in [0.29, 0.717) is 12.5 Å². The van der Waals surface area contributed by atoms with E-state index < -0.39 is 18.0 Å². The van der Waals surface area contributed by atoms with Gasteiger partial charge >= 0.3 is 6.03 Å². The van der Waals surface area contributed by atoms with Gasteiger partial charge in [-0.2, -0.15) is 0 Å². The molecule has 118 valence electrons. The van der Waals surface area contributed by atoms with Crippen LogP contribution in [-0.4, -0.2) is 37.0 Å². The number of hydrogen-bond acceptors (Lipinski definition) is 3. The largest absolute Gasteiger partial charge is 0.389 e. The molecule has 6 heteroatoms. The molecular formula is C15H23FN2O3. The quantitative estimate of drug-likeness (QED) is 0.723. The molecule has 1 atom stereocenters. The van der Waals surface area contributed by atoms with Gasteiger partial charge in [-0.25, -0.2) is 9.18 Å². The highest BCUT2D eigenvalue weighted by Crippen LogP contribution is 2.15. The Hall–Kier alpha value is -1.66. The zero-order valence-corrected chi connectivity index (χ0v) is 12.6. The number of hydrogen-bond donors (Lipinski definition) is 3. The first-order valence-electron chi connectivity index (χ1n) is 6.95. The number of benzene rings is 1. The van der Waals surface area contributed by atoms with Crippen molar-refractivity contribution in [2.75, 3.05) is 25.1 Å². The Labute approximate surface area is 124 Å². The molecule has 1 unspecified atom stereocenters. The number of halogens is 1. The summed E-state index contributed by atoms with van der Waals surface area (Å²) < 4.78 is 18.7. The fourth-order valence-electron chi connectivity index (χ4n) is 1.61. The Bertz CT molecular complexity index is 466. The number of amides is 2. The van der Waals surface area contributed by atoms with Crippen molar-refractivity contribution in [3.63, 3.8) is 0 Å². The lowest BCUT2D eigenvalue weighted by Gasteiger charge is -2.14.